The second kappa shape index (κ2) is 10.9. The van der Waals surface area contributed by atoms with E-state index in [0.717, 1.165) is 11.3 Å². The molecule has 196 valence electrons. The molecular weight excluding hydrogens is 484 g/mol. The second-order valence-corrected chi connectivity index (χ2v) is 9.53. The number of anilines is 1. The Bertz CT molecular complexity index is 1520. The molecule has 38 heavy (non-hydrogen) atoms. The van der Waals surface area contributed by atoms with Gasteiger partial charge in [0.25, 0.3) is 5.91 Å². The van der Waals surface area contributed by atoms with E-state index in [9.17, 15) is 14.4 Å². The van der Waals surface area contributed by atoms with Crippen LogP contribution in [0.15, 0.2) is 59.7 Å². The Morgan fingerprint density at radius 2 is 1.84 bits per heavy atom. The van der Waals surface area contributed by atoms with Crippen molar-refractivity contribution in [2.45, 2.75) is 45.2 Å². The number of methoxy groups -OCH3 is 1. The number of nitrogens with zero attached hydrogens (tertiary/aromatic N) is 3. The van der Waals surface area contributed by atoms with Crippen LogP contribution in [0.1, 0.15) is 53.5 Å². The summed E-state index contributed by atoms with van der Waals surface area (Å²) in [6.07, 6.45) is 5.93. The van der Waals surface area contributed by atoms with Crippen LogP contribution >= 0.6 is 0 Å². The van der Waals surface area contributed by atoms with Crippen LogP contribution in [-0.2, 0) is 11.3 Å². The predicted octanol–water partition coefficient (Wildman–Crippen LogP) is 3.74. The van der Waals surface area contributed by atoms with Gasteiger partial charge in [0.1, 0.15) is 11.6 Å². The van der Waals surface area contributed by atoms with Crippen molar-refractivity contribution in [2.75, 3.05) is 12.4 Å². The zero-order chi connectivity index (χ0) is 26.6. The number of aromatic nitrogens is 4. The van der Waals surface area contributed by atoms with Gasteiger partial charge >= 0.3 is 5.69 Å². The number of hydrogen-bond acceptors (Lipinski definition) is 6. The van der Waals surface area contributed by atoms with Crippen molar-refractivity contribution in [3.05, 3.63) is 82.3 Å². The fourth-order valence-corrected chi connectivity index (χ4v) is 5.11. The van der Waals surface area contributed by atoms with Gasteiger partial charge in [-0.05, 0) is 62.4 Å². The molecule has 4 aromatic rings. The first-order valence-corrected chi connectivity index (χ1v) is 12.7. The number of hydrogen-bond donors (Lipinski definition) is 3. The van der Waals surface area contributed by atoms with Crippen molar-refractivity contribution in [3.8, 4) is 5.75 Å². The van der Waals surface area contributed by atoms with Gasteiger partial charge in [-0.25, -0.2) is 14.8 Å². The van der Waals surface area contributed by atoms with E-state index < -0.39 is 0 Å². The highest BCUT2D eigenvalue weighted by atomic mass is 16.5. The normalized spacial score (nSPS) is 17.2. The van der Waals surface area contributed by atoms with E-state index in [1.54, 1.807) is 42.3 Å². The monoisotopic (exact) mass is 514 g/mol. The van der Waals surface area contributed by atoms with Crippen molar-refractivity contribution < 1.29 is 14.3 Å². The molecule has 1 saturated carbocycles. The van der Waals surface area contributed by atoms with Crippen molar-refractivity contribution >= 4 is 28.5 Å². The number of para-hydroxylation sites is 1. The predicted molar refractivity (Wildman–Crippen MR) is 143 cm³/mol. The molecule has 2 aromatic heterocycles. The topological polar surface area (TPSA) is 131 Å². The maximum absolute atomic E-state index is 13.0. The number of H-pyrrole nitrogens is 1. The summed E-state index contributed by atoms with van der Waals surface area (Å²) in [4.78, 5) is 49.9. The first-order valence-electron chi connectivity index (χ1n) is 12.7. The highest BCUT2D eigenvalue weighted by molar-refractivity contribution is 6.04. The summed E-state index contributed by atoms with van der Waals surface area (Å²) in [5.41, 5.74) is 3.01. The summed E-state index contributed by atoms with van der Waals surface area (Å²) in [6, 6.07) is 12.6. The number of nitrogens with one attached hydrogen (secondary N) is 3. The molecule has 2 aromatic carbocycles. The molecule has 2 amide bonds. The fraction of sp³-hybridized carbons (Fsp3) is 0.321. The molecule has 1 fully saturated rings. The van der Waals surface area contributed by atoms with Gasteiger partial charge in [-0.15, -0.1) is 0 Å². The van der Waals surface area contributed by atoms with Crippen LogP contribution < -0.4 is 21.1 Å². The van der Waals surface area contributed by atoms with Gasteiger partial charge in [0, 0.05) is 36.1 Å². The van der Waals surface area contributed by atoms with E-state index in [4.69, 9.17) is 4.74 Å². The van der Waals surface area contributed by atoms with Crippen molar-refractivity contribution in [1.29, 1.82) is 0 Å². The van der Waals surface area contributed by atoms with Crippen LogP contribution in [-0.4, -0.2) is 38.4 Å². The molecule has 1 aliphatic rings. The van der Waals surface area contributed by atoms with Crippen LogP contribution in [0.2, 0.25) is 0 Å². The van der Waals surface area contributed by atoms with Gasteiger partial charge < -0.3 is 20.4 Å². The molecule has 0 spiro atoms. The third-order valence-electron chi connectivity index (χ3n) is 7.13. The minimum absolute atomic E-state index is 0.0259. The molecule has 2 heterocycles. The zero-order valence-corrected chi connectivity index (χ0v) is 21.4. The molecular formula is C28H30N6O4. The minimum atomic E-state index is -0.315. The third-order valence-corrected chi connectivity index (χ3v) is 7.13. The summed E-state index contributed by atoms with van der Waals surface area (Å²) in [6.45, 7) is 2.13. The average molecular weight is 515 g/mol. The largest absolute Gasteiger partial charge is 0.496 e. The molecule has 0 aliphatic heterocycles. The molecule has 0 saturated heterocycles. The summed E-state index contributed by atoms with van der Waals surface area (Å²) in [7, 11) is 1.61. The number of imidazole rings is 1. The number of ether oxygens (including phenoxy) is 1. The number of amides is 2. The van der Waals surface area contributed by atoms with Crippen molar-refractivity contribution in [3.63, 3.8) is 0 Å². The molecule has 10 heteroatoms. The quantitative estimate of drug-likeness (QED) is 0.344. The standard InChI is InChI=1S/C28H30N6O4/c1-17-7-10-19(15-23(17)38-2)32-26(35)18-8-11-20(12-9-18)34-22-6-3-5-21(25(22)33-28(34)37)27(36)31-16-24-29-13-4-14-30-24/h3-7,10,13-15,18,20H,8-9,11-12,16H2,1-2H3,(H,31,36)(H,32,35)(H,33,37). The molecule has 10 nitrogen and oxygen atoms in total. The van der Waals surface area contributed by atoms with Crippen molar-refractivity contribution in [1.82, 2.24) is 24.8 Å². The van der Waals surface area contributed by atoms with Crippen LogP contribution in [0.25, 0.3) is 11.0 Å². The van der Waals surface area contributed by atoms with Gasteiger partial charge in [0.15, 0.2) is 0 Å². The number of rotatable bonds is 7. The first kappa shape index (κ1) is 25.2. The van der Waals surface area contributed by atoms with E-state index >= 15 is 0 Å². The Balaban J connectivity index is 1.27. The molecule has 0 bridgehead atoms. The Kier molecular flexibility index (Phi) is 7.21. The number of aromatic amines is 1. The Labute approximate surface area is 219 Å². The number of benzene rings is 2. The molecule has 5 rings (SSSR count). The van der Waals surface area contributed by atoms with E-state index in [1.165, 1.54) is 0 Å². The minimum Gasteiger partial charge on any atom is -0.496 e. The smallest absolute Gasteiger partial charge is 0.326 e. The van der Waals surface area contributed by atoms with E-state index in [-0.39, 0.29) is 36.0 Å². The van der Waals surface area contributed by atoms with Gasteiger partial charge in [0.2, 0.25) is 5.91 Å². The maximum atomic E-state index is 13.0. The van der Waals surface area contributed by atoms with E-state index in [2.05, 4.69) is 25.6 Å². The fourth-order valence-electron chi connectivity index (χ4n) is 5.11. The molecule has 0 radical (unpaired) electrons. The average Bonchev–Trinajstić information content (AvgIpc) is 3.29. The maximum Gasteiger partial charge on any atom is 0.326 e. The Hall–Kier alpha value is -4.47. The van der Waals surface area contributed by atoms with E-state index in [1.807, 2.05) is 31.2 Å². The molecule has 1 aliphatic carbocycles. The van der Waals surface area contributed by atoms with Gasteiger partial charge in [-0.1, -0.05) is 12.1 Å². The van der Waals surface area contributed by atoms with Crippen LogP contribution in [0.4, 0.5) is 5.69 Å². The summed E-state index contributed by atoms with van der Waals surface area (Å²) in [5.74, 6) is 0.751. The lowest BCUT2D eigenvalue weighted by atomic mass is 9.85. The van der Waals surface area contributed by atoms with Gasteiger partial charge in [-0.2, -0.15) is 0 Å². The zero-order valence-electron chi connectivity index (χ0n) is 21.4. The SMILES string of the molecule is COc1cc(NC(=O)C2CCC(n3c(=O)[nH]c4c(C(=O)NCc5ncccn5)cccc43)CC2)ccc1C. The number of fused-ring (bicyclic) bond motifs is 1. The summed E-state index contributed by atoms with van der Waals surface area (Å²) >= 11 is 0. The lowest BCUT2D eigenvalue weighted by Crippen LogP contribution is -2.31. The first-order chi connectivity index (χ1) is 18.4. The molecule has 3 N–H and O–H groups in total. The third kappa shape index (κ3) is 5.15. The van der Waals surface area contributed by atoms with Crippen LogP contribution in [0, 0.1) is 12.8 Å². The lowest BCUT2D eigenvalue weighted by molar-refractivity contribution is -0.121. The van der Waals surface area contributed by atoms with E-state index in [0.29, 0.717) is 53.8 Å². The number of aryl methyl sites for hydroxylation is 1. The van der Waals surface area contributed by atoms with Crippen LogP contribution in [0.3, 0.4) is 0 Å². The van der Waals surface area contributed by atoms with Gasteiger partial charge in [-0.3, -0.25) is 14.2 Å². The lowest BCUT2D eigenvalue weighted by Gasteiger charge is -2.28. The molecule has 0 atom stereocenters. The summed E-state index contributed by atoms with van der Waals surface area (Å²) in [5, 5.41) is 5.82. The number of carbonyl (C=O) groups excluding carboxylic acids is 2. The van der Waals surface area contributed by atoms with Crippen LogP contribution in [0.5, 0.6) is 5.75 Å². The number of carbonyl (C=O) groups is 2. The second-order valence-electron chi connectivity index (χ2n) is 9.53. The Morgan fingerprint density at radius 3 is 2.58 bits per heavy atom. The summed E-state index contributed by atoms with van der Waals surface area (Å²) < 4.78 is 7.08. The highest BCUT2D eigenvalue weighted by Gasteiger charge is 2.29. The molecule has 0 unspecified atom stereocenters. The Morgan fingerprint density at radius 1 is 1.08 bits per heavy atom. The van der Waals surface area contributed by atoms with Crippen molar-refractivity contribution in [2.24, 2.45) is 5.92 Å². The highest BCUT2D eigenvalue weighted by Crippen LogP contribution is 2.34. The van der Waals surface area contributed by atoms with Gasteiger partial charge in [0.05, 0.1) is 30.3 Å².